The Labute approximate surface area is 114 Å². The molecule has 0 saturated carbocycles. The number of rotatable bonds is 6. The van der Waals surface area contributed by atoms with Crippen molar-refractivity contribution < 1.29 is 19.0 Å². The summed E-state index contributed by atoms with van der Waals surface area (Å²) < 4.78 is 19.6. The predicted octanol–water partition coefficient (Wildman–Crippen LogP) is 1.89. The van der Waals surface area contributed by atoms with Gasteiger partial charge >= 0.3 is 5.97 Å². The molecule has 6 nitrogen and oxygen atoms in total. The van der Waals surface area contributed by atoms with Crippen molar-refractivity contribution in [2.24, 2.45) is 0 Å². The quantitative estimate of drug-likeness (QED) is 0.817. The van der Waals surface area contributed by atoms with E-state index in [1.807, 2.05) is 0 Å². The minimum atomic E-state index is -1.09. The minimum absolute atomic E-state index is 0.0375. The van der Waals surface area contributed by atoms with Gasteiger partial charge in [-0.15, -0.1) is 5.10 Å². The van der Waals surface area contributed by atoms with Crippen LogP contribution in [0.4, 0.5) is 4.39 Å². The number of hydrogen-bond donors (Lipinski definition) is 1. The average molecular weight is 279 g/mol. The van der Waals surface area contributed by atoms with Crippen molar-refractivity contribution in [3.8, 4) is 5.75 Å². The van der Waals surface area contributed by atoms with E-state index in [0.29, 0.717) is 31.0 Å². The van der Waals surface area contributed by atoms with E-state index >= 15 is 0 Å². The fourth-order valence-electron chi connectivity index (χ4n) is 1.71. The maximum absolute atomic E-state index is 12.7. The molecule has 1 N–H and O–H groups in total. The Balaban J connectivity index is 1.81. The molecule has 2 aromatic rings. The number of carboxylic acids is 1. The molecule has 20 heavy (non-hydrogen) atoms. The van der Waals surface area contributed by atoms with Gasteiger partial charge in [-0.05, 0) is 31.2 Å². The van der Waals surface area contributed by atoms with Gasteiger partial charge in [0.25, 0.3) is 0 Å². The van der Waals surface area contributed by atoms with E-state index in [9.17, 15) is 9.18 Å². The second kappa shape index (κ2) is 6.14. The molecule has 2 rings (SSSR count). The molecular formula is C13H14FN3O3. The van der Waals surface area contributed by atoms with Crippen molar-refractivity contribution in [2.45, 2.75) is 19.9 Å². The van der Waals surface area contributed by atoms with Gasteiger partial charge in [0.15, 0.2) is 5.69 Å². The summed E-state index contributed by atoms with van der Waals surface area (Å²) in [6.07, 6.45) is 0.640. The highest BCUT2D eigenvalue weighted by atomic mass is 19.1. The molecule has 106 valence electrons. The van der Waals surface area contributed by atoms with Gasteiger partial charge in [0.1, 0.15) is 11.6 Å². The maximum Gasteiger partial charge on any atom is 0.358 e. The van der Waals surface area contributed by atoms with Crippen molar-refractivity contribution >= 4 is 5.97 Å². The zero-order valence-corrected chi connectivity index (χ0v) is 10.9. The van der Waals surface area contributed by atoms with Gasteiger partial charge in [-0.25, -0.2) is 13.9 Å². The molecule has 1 aromatic carbocycles. The maximum atomic E-state index is 12.7. The van der Waals surface area contributed by atoms with E-state index in [1.54, 1.807) is 19.1 Å². The molecule has 0 bridgehead atoms. The summed E-state index contributed by atoms with van der Waals surface area (Å²) >= 11 is 0. The van der Waals surface area contributed by atoms with E-state index in [4.69, 9.17) is 9.84 Å². The first-order valence-electron chi connectivity index (χ1n) is 6.09. The van der Waals surface area contributed by atoms with Gasteiger partial charge < -0.3 is 9.84 Å². The van der Waals surface area contributed by atoms with Crippen LogP contribution in [0.2, 0.25) is 0 Å². The lowest BCUT2D eigenvalue weighted by atomic mass is 10.3. The molecule has 1 heterocycles. The number of carbonyl (C=O) groups is 1. The van der Waals surface area contributed by atoms with E-state index < -0.39 is 5.97 Å². The fourth-order valence-corrected chi connectivity index (χ4v) is 1.71. The zero-order valence-electron chi connectivity index (χ0n) is 10.9. The number of hydrogen-bond acceptors (Lipinski definition) is 4. The molecule has 0 aliphatic carbocycles. The topological polar surface area (TPSA) is 77.2 Å². The van der Waals surface area contributed by atoms with Crippen molar-refractivity contribution in [3.63, 3.8) is 0 Å². The Morgan fingerprint density at radius 3 is 2.70 bits per heavy atom. The number of nitrogens with zero attached hydrogens (tertiary/aromatic N) is 3. The number of ether oxygens (including phenoxy) is 1. The first-order valence-corrected chi connectivity index (χ1v) is 6.09. The predicted molar refractivity (Wildman–Crippen MR) is 68.2 cm³/mol. The average Bonchev–Trinajstić information content (AvgIpc) is 2.78. The smallest absolute Gasteiger partial charge is 0.358 e. The normalized spacial score (nSPS) is 10.5. The lowest BCUT2D eigenvalue weighted by Gasteiger charge is -2.06. The highest BCUT2D eigenvalue weighted by Crippen LogP contribution is 2.11. The number of halogens is 1. The number of benzene rings is 1. The van der Waals surface area contributed by atoms with Crippen LogP contribution in [0.5, 0.6) is 5.75 Å². The van der Waals surface area contributed by atoms with E-state index in [0.717, 1.165) is 0 Å². The molecule has 0 radical (unpaired) electrons. The van der Waals surface area contributed by atoms with Gasteiger partial charge in [-0.3, -0.25) is 0 Å². The number of carboxylic acid groups (broad SMARTS) is 1. The van der Waals surface area contributed by atoms with Crippen LogP contribution >= 0.6 is 0 Å². The molecular weight excluding hydrogens is 265 g/mol. The number of aryl methyl sites for hydroxylation is 1. The largest absolute Gasteiger partial charge is 0.494 e. The third kappa shape index (κ3) is 3.31. The van der Waals surface area contributed by atoms with Crippen LogP contribution in [-0.4, -0.2) is 32.7 Å². The fraction of sp³-hybridized carbons (Fsp3) is 0.308. The lowest BCUT2D eigenvalue weighted by molar-refractivity contribution is 0.0689. The molecule has 0 saturated heterocycles. The Hall–Kier alpha value is -2.44. The van der Waals surface area contributed by atoms with Crippen LogP contribution in [-0.2, 0) is 6.54 Å². The van der Waals surface area contributed by atoms with Crippen LogP contribution < -0.4 is 4.74 Å². The Morgan fingerprint density at radius 2 is 2.10 bits per heavy atom. The molecule has 0 amide bonds. The molecule has 0 atom stereocenters. The number of aromatic nitrogens is 3. The van der Waals surface area contributed by atoms with Crippen LogP contribution in [0.1, 0.15) is 22.6 Å². The van der Waals surface area contributed by atoms with Crippen LogP contribution in [0, 0.1) is 12.7 Å². The molecule has 0 aliphatic heterocycles. The lowest BCUT2D eigenvalue weighted by Crippen LogP contribution is -2.08. The van der Waals surface area contributed by atoms with Gasteiger partial charge in [-0.1, -0.05) is 5.21 Å². The van der Waals surface area contributed by atoms with Gasteiger partial charge in [-0.2, -0.15) is 0 Å². The van der Waals surface area contributed by atoms with Gasteiger partial charge in [0, 0.05) is 13.0 Å². The van der Waals surface area contributed by atoms with Crippen LogP contribution in [0.15, 0.2) is 24.3 Å². The Bertz CT molecular complexity index is 595. The Kier molecular flexibility index (Phi) is 4.29. The van der Waals surface area contributed by atoms with E-state index in [2.05, 4.69) is 10.3 Å². The summed E-state index contributed by atoms with van der Waals surface area (Å²) in [5.41, 5.74) is 0.476. The summed E-state index contributed by atoms with van der Waals surface area (Å²) in [4.78, 5) is 10.8. The molecule has 0 unspecified atom stereocenters. The van der Waals surface area contributed by atoms with E-state index in [1.165, 1.54) is 16.8 Å². The summed E-state index contributed by atoms with van der Waals surface area (Å²) in [5, 5.41) is 16.2. The summed E-state index contributed by atoms with van der Waals surface area (Å²) in [5.74, 6) is -0.805. The minimum Gasteiger partial charge on any atom is -0.494 e. The van der Waals surface area contributed by atoms with Crippen molar-refractivity contribution in [2.75, 3.05) is 6.61 Å². The highest BCUT2D eigenvalue weighted by Gasteiger charge is 2.14. The van der Waals surface area contributed by atoms with Crippen LogP contribution in [0.25, 0.3) is 0 Å². The standard InChI is InChI=1S/C13H14FN3O3/c1-9-12(13(18)19)15-16-17(9)7-2-8-20-11-5-3-10(14)4-6-11/h3-6H,2,7-8H2,1H3,(H,18,19). The summed E-state index contributed by atoms with van der Waals surface area (Å²) in [6.45, 7) is 2.59. The van der Waals surface area contributed by atoms with Gasteiger partial charge in [0.2, 0.25) is 0 Å². The molecule has 7 heteroatoms. The first-order chi connectivity index (χ1) is 9.58. The van der Waals surface area contributed by atoms with Crippen molar-refractivity contribution in [1.29, 1.82) is 0 Å². The third-order valence-electron chi connectivity index (χ3n) is 2.78. The number of aromatic carboxylic acids is 1. The molecule has 0 fully saturated rings. The van der Waals surface area contributed by atoms with E-state index in [-0.39, 0.29) is 11.5 Å². The SMILES string of the molecule is Cc1c(C(=O)O)nnn1CCCOc1ccc(F)cc1. The Morgan fingerprint density at radius 1 is 1.40 bits per heavy atom. The highest BCUT2D eigenvalue weighted by molar-refractivity contribution is 5.86. The first kappa shape index (κ1) is 14.0. The summed E-state index contributed by atoms with van der Waals surface area (Å²) in [6, 6.07) is 5.77. The molecule has 0 spiro atoms. The second-order valence-corrected chi connectivity index (χ2v) is 4.21. The zero-order chi connectivity index (χ0) is 14.5. The monoisotopic (exact) mass is 279 g/mol. The molecule has 0 aliphatic rings. The summed E-state index contributed by atoms with van der Waals surface area (Å²) in [7, 11) is 0. The van der Waals surface area contributed by atoms with Crippen LogP contribution in [0.3, 0.4) is 0 Å². The van der Waals surface area contributed by atoms with Crippen molar-refractivity contribution in [3.05, 3.63) is 41.5 Å². The third-order valence-corrected chi connectivity index (χ3v) is 2.78. The molecule has 1 aromatic heterocycles. The second-order valence-electron chi connectivity index (χ2n) is 4.21. The van der Waals surface area contributed by atoms with Crippen molar-refractivity contribution in [1.82, 2.24) is 15.0 Å². The van der Waals surface area contributed by atoms with Gasteiger partial charge in [0.05, 0.1) is 12.3 Å².